The summed E-state index contributed by atoms with van der Waals surface area (Å²) in [6, 6.07) is 9.64. The van der Waals surface area contributed by atoms with Gasteiger partial charge in [0.1, 0.15) is 5.82 Å². The molecule has 3 nitrogen and oxygen atoms in total. The number of rotatable bonds is 10. The van der Waals surface area contributed by atoms with Crippen molar-refractivity contribution in [3.05, 3.63) is 119 Å². The summed E-state index contributed by atoms with van der Waals surface area (Å²) < 4.78 is 59.5. The molecule has 2 unspecified atom stereocenters. The van der Waals surface area contributed by atoms with Crippen LogP contribution in [-0.4, -0.2) is 18.6 Å². The molecule has 3 atom stereocenters. The van der Waals surface area contributed by atoms with E-state index < -0.39 is 23.2 Å². The number of fused-ring (bicyclic) bond motifs is 1. The van der Waals surface area contributed by atoms with E-state index in [4.69, 9.17) is 10.5 Å². The molecule has 40 heavy (non-hydrogen) atoms. The third kappa shape index (κ3) is 5.44. The topological polar surface area (TPSA) is 52.3 Å². The van der Waals surface area contributed by atoms with Crippen LogP contribution >= 0.6 is 0 Å². The maximum atomic E-state index is 13.5. The molecule has 1 fully saturated rings. The van der Waals surface area contributed by atoms with E-state index in [1.54, 1.807) is 19.2 Å². The molecule has 0 aromatic heterocycles. The molecule has 2 aromatic rings. The Labute approximate surface area is 233 Å². The van der Waals surface area contributed by atoms with Gasteiger partial charge in [0.2, 0.25) is 5.91 Å². The second-order valence-corrected chi connectivity index (χ2v) is 11.0. The molecule has 2 N–H and O–H groups in total. The highest BCUT2D eigenvalue weighted by atomic mass is 19.4. The average Bonchev–Trinajstić information content (AvgIpc) is 3.21. The van der Waals surface area contributed by atoms with Gasteiger partial charge in [0.25, 0.3) is 0 Å². The SMILES string of the molecule is C=CC1=C(CC(C=C)c2ccc(F)cc2)C=C2CC[C@](CCc3ccc(C(F)(F)F)cc3C(N)=O)(OC)C2(C)C1. The van der Waals surface area contributed by atoms with Crippen LogP contribution in [0.1, 0.15) is 72.0 Å². The fraction of sp³-hybridized carbons (Fsp3) is 0.364. The molecule has 1 saturated carbocycles. The fourth-order valence-corrected chi connectivity index (χ4v) is 6.53. The molecular formula is C33H35F4NO2. The lowest BCUT2D eigenvalue weighted by Crippen LogP contribution is -2.46. The standard InChI is InChI=1S/C33H35F4NO2/c1-5-21(23-8-11-28(34)12-9-23)17-25-18-26-14-16-32(40-4,31(26,3)20-22(25)6-2)15-13-24-7-10-27(33(35,36)37)19-29(24)30(38)39/h5-12,18-19,21H,1-2,13-17,20H2,3-4H3,(H2,38,39)/t21?,31?,32-/m0/s1. The van der Waals surface area contributed by atoms with Gasteiger partial charge in [0.05, 0.1) is 11.2 Å². The van der Waals surface area contributed by atoms with Crippen molar-refractivity contribution in [3.8, 4) is 0 Å². The molecule has 1 amide bonds. The van der Waals surface area contributed by atoms with Crippen molar-refractivity contribution in [2.75, 3.05) is 7.11 Å². The summed E-state index contributed by atoms with van der Waals surface area (Å²) in [4.78, 5) is 12.1. The minimum atomic E-state index is -4.57. The summed E-state index contributed by atoms with van der Waals surface area (Å²) in [6.45, 7) is 10.3. The smallest absolute Gasteiger partial charge is 0.377 e. The van der Waals surface area contributed by atoms with Gasteiger partial charge in [-0.25, -0.2) is 4.39 Å². The Balaban J connectivity index is 1.61. The molecule has 0 saturated heterocycles. The number of benzene rings is 2. The van der Waals surface area contributed by atoms with Gasteiger partial charge in [-0.05, 0) is 85.1 Å². The number of methoxy groups -OCH3 is 1. The predicted molar refractivity (Wildman–Crippen MR) is 149 cm³/mol. The van der Waals surface area contributed by atoms with Crippen LogP contribution in [-0.2, 0) is 17.3 Å². The third-order valence-electron chi connectivity index (χ3n) is 8.98. The van der Waals surface area contributed by atoms with Crippen molar-refractivity contribution in [1.82, 2.24) is 0 Å². The first-order chi connectivity index (χ1) is 18.9. The molecule has 0 aliphatic heterocycles. The van der Waals surface area contributed by atoms with E-state index in [0.29, 0.717) is 31.2 Å². The molecule has 2 aliphatic carbocycles. The largest absolute Gasteiger partial charge is 0.416 e. The number of ether oxygens (including phenoxy) is 1. The van der Waals surface area contributed by atoms with E-state index in [1.807, 2.05) is 12.2 Å². The summed E-state index contributed by atoms with van der Waals surface area (Å²) in [6.07, 6.45) is 5.20. The number of hydrogen-bond donors (Lipinski definition) is 1. The van der Waals surface area contributed by atoms with E-state index in [-0.39, 0.29) is 22.7 Å². The molecule has 0 bridgehead atoms. The van der Waals surface area contributed by atoms with Gasteiger partial charge < -0.3 is 10.5 Å². The highest BCUT2D eigenvalue weighted by Crippen LogP contribution is 2.60. The average molecular weight is 554 g/mol. The van der Waals surface area contributed by atoms with Crippen LogP contribution in [0.3, 0.4) is 0 Å². The van der Waals surface area contributed by atoms with Gasteiger partial charge in [-0.15, -0.1) is 6.58 Å². The van der Waals surface area contributed by atoms with Crippen molar-refractivity contribution in [1.29, 1.82) is 0 Å². The van der Waals surface area contributed by atoms with Crippen LogP contribution in [0.15, 0.2) is 90.6 Å². The fourth-order valence-electron chi connectivity index (χ4n) is 6.53. The number of allylic oxidation sites excluding steroid dienone is 5. The Morgan fingerprint density at radius 2 is 1.88 bits per heavy atom. The van der Waals surface area contributed by atoms with Gasteiger partial charge in [0.15, 0.2) is 0 Å². The molecular weight excluding hydrogens is 518 g/mol. The molecule has 212 valence electrons. The zero-order chi connectivity index (χ0) is 29.3. The highest BCUT2D eigenvalue weighted by Gasteiger charge is 2.55. The summed E-state index contributed by atoms with van der Waals surface area (Å²) in [5, 5.41) is 0. The zero-order valence-corrected chi connectivity index (χ0v) is 22.9. The Hall–Kier alpha value is -3.45. The van der Waals surface area contributed by atoms with Crippen molar-refractivity contribution >= 4 is 5.91 Å². The number of alkyl halides is 3. The number of carbonyl (C=O) groups is 1. The van der Waals surface area contributed by atoms with E-state index >= 15 is 0 Å². The monoisotopic (exact) mass is 553 g/mol. The second kappa shape index (κ2) is 11.2. The van der Waals surface area contributed by atoms with Crippen LogP contribution in [0.4, 0.5) is 17.6 Å². The second-order valence-electron chi connectivity index (χ2n) is 11.0. The summed E-state index contributed by atoms with van der Waals surface area (Å²) in [7, 11) is 1.67. The van der Waals surface area contributed by atoms with Gasteiger partial charge in [0, 0.05) is 24.0 Å². The number of halogens is 4. The Bertz CT molecular complexity index is 1370. The highest BCUT2D eigenvalue weighted by molar-refractivity contribution is 5.94. The van der Waals surface area contributed by atoms with E-state index in [2.05, 4.69) is 26.2 Å². The number of primary amides is 1. The maximum absolute atomic E-state index is 13.5. The van der Waals surface area contributed by atoms with Gasteiger partial charge in [-0.1, -0.05) is 55.5 Å². The van der Waals surface area contributed by atoms with Gasteiger partial charge in [-0.2, -0.15) is 13.2 Å². The van der Waals surface area contributed by atoms with E-state index in [1.165, 1.54) is 23.8 Å². The molecule has 7 heteroatoms. The minimum absolute atomic E-state index is 0.00670. The first-order valence-corrected chi connectivity index (χ1v) is 13.4. The van der Waals surface area contributed by atoms with Crippen LogP contribution in [0.25, 0.3) is 0 Å². The summed E-state index contributed by atoms with van der Waals surface area (Å²) in [5.41, 5.74) is 8.45. The van der Waals surface area contributed by atoms with Crippen molar-refractivity contribution in [3.63, 3.8) is 0 Å². The summed E-state index contributed by atoms with van der Waals surface area (Å²) >= 11 is 0. The van der Waals surface area contributed by atoms with Crippen LogP contribution in [0, 0.1) is 11.2 Å². The maximum Gasteiger partial charge on any atom is 0.416 e. The zero-order valence-electron chi connectivity index (χ0n) is 22.9. The lowest BCUT2D eigenvalue weighted by molar-refractivity contribution is -0.137. The number of carbonyl (C=O) groups excluding carboxylic acids is 1. The summed E-state index contributed by atoms with van der Waals surface area (Å²) in [5.74, 6) is -1.16. The number of amides is 1. The van der Waals surface area contributed by atoms with Gasteiger partial charge in [-0.3, -0.25) is 4.79 Å². The van der Waals surface area contributed by atoms with Crippen molar-refractivity contribution < 1.29 is 27.1 Å². The van der Waals surface area contributed by atoms with E-state index in [9.17, 15) is 22.4 Å². The lowest BCUT2D eigenvalue weighted by Gasteiger charge is -2.46. The quantitative estimate of drug-likeness (QED) is 0.238. The Morgan fingerprint density at radius 1 is 1.18 bits per heavy atom. The molecule has 4 rings (SSSR count). The van der Waals surface area contributed by atoms with Crippen molar-refractivity contribution in [2.45, 2.75) is 63.1 Å². The van der Waals surface area contributed by atoms with Gasteiger partial charge >= 0.3 is 6.18 Å². The molecule has 0 heterocycles. The molecule has 0 radical (unpaired) electrons. The van der Waals surface area contributed by atoms with Crippen molar-refractivity contribution in [2.24, 2.45) is 11.1 Å². The lowest BCUT2D eigenvalue weighted by atomic mass is 9.64. The normalized spacial score (nSPS) is 23.4. The predicted octanol–water partition coefficient (Wildman–Crippen LogP) is 8.23. The first kappa shape index (κ1) is 29.5. The Kier molecular flexibility index (Phi) is 8.27. The van der Waals surface area contributed by atoms with E-state index in [0.717, 1.165) is 41.7 Å². The molecule has 2 aromatic carbocycles. The molecule has 0 spiro atoms. The number of nitrogens with two attached hydrogens (primary N) is 1. The third-order valence-corrected chi connectivity index (χ3v) is 8.98. The minimum Gasteiger partial charge on any atom is -0.377 e. The van der Waals surface area contributed by atoms with Crippen LogP contribution in [0.5, 0.6) is 0 Å². The Morgan fingerprint density at radius 3 is 2.45 bits per heavy atom. The first-order valence-electron chi connectivity index (χ1n) is 13.4. The number of aryl methyl sites for hydroxylation is 1. The molecule has 2 aliphatic rings. The van der Waals surface area contributed by atoms with Crippen LogP contribution in [0.2, 0.25) is 0 Å². The van der Waals surface area contributed by atoms with Crippen LogP contribution < -0.4 is 5.73 Å². The number of hydrogen-bond acceptors (Lipinski definition) is 2.